The topological polar surface area (TPSA) is 54.9 Å². The van der Waals surface area contributed by atoms with Gasteiger partial charge in [-0.1, -0.05) is 12.1 Å². The Kier molecular flexibility index (Phi) is 8.06. The van der Waals surface area contributed by atoms with Crippen LogP contribution >= 0.6 is 0 Å². The molecule has 0 aromatic heterocycles. The molecule has 2 N–H and O–H groups in total. The summed E-state index contributed by atoms with van der Waals surface area (Å²) in [4.78, 5) is 4.28. The van der Waals surface area contributed by atoms with Gasteiger partial charge in [-0.05, 0) is 57.6 Å². The Bertz CT molecular complexity index is 554. The molecule has 0 atom stereocenters. The van der Waals surface area contributed by atoms with Crippen LogP contribution in [-0.2, 0) is 11.3 Å². The van der Waals surface area contributed by atoms with E-state index in [0.717, 1.165) is 49.4 Å². The van der Waals surface area contributed by atoms with Crippen molar-refractivity contribution in [3.05, 3.63) is 29.3 Å². The minimum atomic E-state index is 0.161. The fourth-order valence-electron chi connectivity index (χ4n) is 2.49. The molecule has 1 aliphatic carbocycles. The first-order valence-corrected chi connectivity index (χ1v) is 9.37. The number of rotatable bonds is 10. The van der Waals surface area contributed by atoms with Crippen LogP contribution in [0.1, 0.15) is 44.2 Å². The molecule has 140 valence electrons. The minimum absolute atomic E-state index is 0.161. The smallest absolute Gasteiger partial charge is 0.191 e. The van der Waals surface area contributed by atoms with Gasteiger partial charge in [0.1, 0.15) is 5.75 Å². The molecule has 1 saturated carbocycles. The molecule has 0 aliphatic heterocycles. The second-order valence-corrected chi connectivity index (χ2v) is 7.00. The van der Waals surface area contributed by atoms with Gasteiger partial charge in [0.25, 0.3) is 0 Å². The summed E-state index contributed by atoms with van der Waals surface area (Å²) in [5, 5.41) is 6.69. The number of hydrogen-bond donors (Lipinski definition) is 2. The van der Waals surface area contributed by atoms with E-state index in [1.165, 1.54) is 18.4 Å². The molecule has 25 heavy (non-hydrogen) atoms. The summed E-state index contributed by atoms with van der Waals surface area (Å²) in [6.45, 7) is 9.45. The van der Waals surface area contributed by atoms with Crippen molar-refractivity contribution in [1.82, 2.24) is 10.6 Å². The van der Waals surface area contributed by atoms with E-state index in [2.05, 4.69) is 40.7 Å². The van der Waals surface area contributed by atoms with E-state index in [0.29, 0.717) is 6.54 Å². The highest BCUT2D eigenvalue weighted by Gasteiger charge is 2.20. The monoisotopic (exact) mass is 347 g/mol. The zero-order valence-corrected chi connectivity index (χ0v) is 16.1. The van der Waals surface area contributed by atoms with Crippen molar-refractivity contribution in [2.24, 2.45) is 10.9 Å². The highest BCUT2D eigenvalue weighted by atomic mass is 16.5. The molecule has 0 saturated heterocycles. The first kappa shape index (κ1) is 19.6. The first-order chi connectivity index (χ1) is 12.1. The van der Waals surface area contributed by atoms with Crippen molar-refractivity contribution in [3.8, 4) is 5.75 Å². The van der Waals surface area contributed by atoms with E-state index in [1.54, 1.807) is 7.05 Å². The molecule has 2 rings (SSSR count). The second kappa shape index (κ2) is 10.3. The van der Waals surface area contributed by atoms with Crippen LogP contribution in [0.5, 0.6) is 5.75 Å². The van der Waals surface area contributed by atoms with Crippen LogP contribution < -0.4 is 15.4 Å². The Morgan fingerprint density at radius 1 is 1.28 bits per heavy atom. The van der Waals surface area contributed by atoms with E-state index in [4.69, 9.17) is 9.47 Å². The highest BCUT2D eigenvalue weighted by molar-refractivity contribution is 5.79. The second-order valence-electron chi connectivity index (χ2n) is 7.00. The molecule has 5 nitrogen and oxygen atoms in total. The zero-order chi connectivity index (χ0) is 18.1. The summed E-state index contributed by atoms with van der Waals surface area (Å²) >= 11 is 0. The summed E-state index contributed by atoms with van der Waals surface area (Å²) in [6.07, 6.45) is 3.83. The summed E-state index contributed by atoms with van der Waals surface area (Å²) in [5.74, 6) is 2.57. The SMILES string of the molecule is CN=C(NCCCOCC1CC1)NCc1ccc(C)cc1OC(C)C. The van der Waals surface area contributed by atoms with Crippen LogP contribution in [0.4, 0.5) is 0 Å². The lowest BCUT2D eigenvalue weighted by atomic mass is 10.1. The molecule has 1 fully saturated rings. The normalized spacial score (nSPS) is 14.7. The summed E-state index contributed by atoms with van der Waals surface area (Å²) < 4.78 is 11.6. The average Bonchev–Trinajstić information content (AvgIpc) is 3.38. The molecule has 0 unspecified atom stereocenters. The van der Waals surface area contributed by atoms with E-state index >= 15 is 0 Å². The summed E-state index contributed by atoms with van der Waals surface area (Å²) in [5.41, 5.74) is 2.34. The number of nitrogens with zero attached hydrogens (tertiary/aromatic N) is 1. The van der Waals surface area contributed by atoms with Crippen molar-refractivity contribution in [3.63, 3.8) is 0 Å². The molecule has 0 heterocycles. The van der Waals surface area contributed by atoms with E-state index in [9.17, 15) is 0 Å². The van der Waals surface area contributed by atoms with E-state index < -0.39 is 0 Å². The molecular weight excluding hydrogens is 314 g/mol. The quantitative estimate of drug-likeness (QED) is 0.387. The number of nitrogens with one attached hydrogen (secondary N) is 2. The first-order valence-electron chi connectivity index (χ1n) is 9.37. The van der Waals surface area contributed by atoms with E-state index in [-0.39, 0.29) is 6.10 Å². The lowest BCUT2D eigenvalue weighted by Crippen LogP contribution is -2.37. The van der Waals surface area contributed by atoms with Crippen LogP contribution in [0.15, 0.2) is 23.2 Å². The molecule has 0 spiro atoms. The molecule has 1 aromatic carbocycles. The van der Waals surface area contributed by atoms with Gasteiger partial charge in [0.05, 0.1) is 6.10 Å². The van der Waals surface area contributed by atoms with Gasteiger partial charge in [-0.25, -0.2) is 0 Å². The predicted molar refractivity (Wildman–Crippen MR) is 103 cm³/mol. The van der Waals surface area contributed by atoms with Crippen LogP contribution in [0.2, 0.25) is 0 Å². The van der Waals surface area contributed by atoms with Gasteiger partial charge in [0.2, 0.25) is 0 Å². The third kappa shape index (κ3) is 7.78. The van der Waals surface area contributed by atoms with Gasteiger partial charge in [-0.3, -0.25) is 4.99 Å². The van der Waals surface area contributed by atoms with Crippen molar-refractivity contribution in [2.75, 3.05) is 26.8 Å². The maximum absolute atomic E-state index is 5.93. The fourth-order valence-corrected chi connectivity index (χ4v) is 2.49. The lowest BCUT2D eigenvalue weighted by Gasteiger charge is -2.17. The maximum atomic E-state index is 5.93. The van der Waals surface area contributed by atoms with Crippen molar-refractivity contribution >= 4 is 5.96 Å². The van der Waals surface area contributed by atoms with Crippen molar-refractivity contribution in [1.29, 1.82) is 0 Å². The van der Waals surface area contributed by atoms with Crippen LogP contribution in [-0.4, -0.2) is 38.9 Å². The number of aliphatic imine (C=N–C) groups is 1. The Labute approximate surface area is 152 Å². The number of guanidine groups is 1. The molecule has 5 heteroatoms. The van der Waals surface area contributed by atoms with Gasteiger partial charge in [-0.15, -0.1) is 0 Å². The predicted octanol–water partition coefficient (Wildman–Crippen LogP) is 3.26. The third-order valence-corrected chi connectivity index (χ3v) is 4.06. The molecule has 0 amide bonds. The molecule has 1 aliphatic rings. The standard InChI is InChI=1S/C20H33N3O2/c1-15(2)25-19-12-16(3)6-9-18(19)13-23-20(21-4)22-10-5-11-24-14-17-7-8-17/h6,9,12,15,17H,5,7-8,10-11,13-14H2,1-4H3,(H2,21,22,23). The van der Waals surface area contributed by atoms with Crippen LogP contribution in [0.3, 0.4) is 0 Å². The molecule has 1 aromatic rings. The average molecular weight is 348 g/mol. The number of aryl methyl sites for hydroxylation is 1. The van der Waals surface area contributed by atoms with Crippen LogP contribution in [0, 0.1) is 12.8 Å². The zero-order valence-electron chi connectivity index (χ0n) is 16.1. The highest BCUT2D eigenvalue weighted by Crippen LogP contribution is 2.28. The molecular formula is C20H33N3O2. The van der Waals surface area contributed by atoms with E-state index in [1.807, 2.05) is 13.8 Å². The van der Waals surface area contributed by atoms with Crippen molar-refractivity contribution < 1.29 is 9.47 Å². The largest absolute Gasteiger partial charge is 0.491 e. The summed E-state index contributed by atoms with van der Waals surface area (Å²) in [7, 11) is 1.79. The Balaban J connectivity index is 1.72. The Morgan fingerprint density at radius 2 is 2.08 bits per heavy atom. The Morgan fingerprint density at radius 3 is 2.76 bits per heavy atom. The van der Waals surface area contributed by atoms with Gasteiger partial charge >= 0.3 is 0 Å². The maximum Gasteiger partial charge on any atom is 0.191 e. The molecule has 0 bridgehead atoms. The lowest BCUT2D eigenvalue weighted by molar-refractivity contribution is 0.123. The Hall–Kier alpha value is -1.75. The van der Waals surface area contributed by atoms with Gasteiger partial charge < -0.3 is 20.1 Å². The van der Waals surface area contributed by atoms with Crippen LogP contribution in [0.25, 0.3) is 0 Å². The van der Waals surface area contributed by atoms with Crippen molar-refractivity contribution in [2.45, 2.75) is 52.7 Å². The number of hydrogen-bond acceptors (Lipinski definition) is 3. The molecule has 0 radical (unpaired) electrons. The minimum Gasteiger partial charge on any atom is -0.491 e. The number of ether oxygens (including phenoxy) is 2. The fraction of sp³-hybridized carbons (Fsp3) is 0.650. The number of benzene rings is 1. The van der Waals surface area contributed by atoms with Gasteiger partial charge in [0.15, 0.2) is 5.96 Å². The summed E-state index contributed by atoms with van der Waals surface area (Å²) in [6, 6.07) is 6.31. The third-order valence-electron chi connectivity index (χ3n) is 4.06. The van der Waals surface area contributed by atoms with Gasteiger partial charge in [-0.2, -0.15) is 0 Å². The van der Waals surface area contributed by atoms with Gasteiger partial charge in [0, 0.05) is 38.9 Å².